The summed E-state index contributed by atoms with van der Waals surface area (Å²) in [5, 5.41) is 4.69. The van der Waals surface area contributed by atoms with Crippen molar-refractivity contribution in [2.75, 3.05) is 20.2 Å². The molecule has 1 aromatic heterocycles. The number of benzene rings is 1. The van der Waals surface area contributed by atoms with Gasteiger partial charge < -0.3 is 9.64 Å². The molecule has 2 aromatic rings. The summed E-state index contributed by atoms with van der Waals surface area (Å²) >= 11 is 6.02. The lowest BCUT2D eigenvalue weighted by molar-refractivity contribution is -0.133. The minimum absolute atomic E-state index is 0.0291. The maximum atomic E-state index is 12.3. The van der Waals surface area contributed by atoms with Gasteiger partial charge in [0.25, 0.3) is 0 Å². The van der Waals surface area contributed by atoms with Crippen molar-refractivity contribution in [3.8, 4) is 5.75 Å². The number of nitrogens with zero attached hydrogens (tertiary/aromatic N) is 3. The second-order valence-corrected chi connectivity index (χ2v) is 5.46. The molecule has 1 unspecified atom stereocenters. The van der Waals surface area contributed by atoms with Gasteiger partial charge in [-0.2, -0.15) is 5.10 Å². The van der Waals surface area contributed by atoms with Crippen LogP contribution >= 0.6 is 11.6 Å². The fourth-order valence-electron chi connectivity index (χ4n) is 2.10. The molecule has 1 heterocycles. The molecule has 0 saturated heterocycles. The molecular weight excluding hydrogens is 302 g/mol. The molecule has 0 aliphatic heterocycles. The van der Waals surface area contributed by atoms with Crippen LogP contribution in [-0.2, 0) is 4.79 Å². The fourth-order valence-corrected chi connectivity index (χ4v) is 2.29. The Bertz CT molecular complexity index is 601. The van der Waals surface area contributed by atoms with Crippen molar-refractivity contribution in [2.24, 2.45) is 0 Å². The van der Waals surface area contributed by atoms with Gasteiger partial charge in [0.1, 0.15) is 11.8 Å². The Kier molecular flexibility index (Phi) is 5.83. The van der Waals surface area contributed by atoms with Gasteiger partial charge >= 0.3 is 0 Å². The first-order valence-electron chi connectivity index (χ1n) is 7.21. The summed E-state index contributed by atoms with van der Waals surface area (Å²) in [4.78, 5) is 14.0. The average molecular weight is 322 g/mol. The van der Waals surface area contributed by atoms with Crippen LogP contribution in [0.1, 0.15) is 19.4 Å². The minimum atomic E-state index is -0.301. The number of carbonyl (C=O) groups is 1. The molecule has 0 radical (unpaired) electrons. The third kappa shape index (κ3) is 4.24. The number of amides is 1. The van der Waals surface area contributed by atoms with E-state index in [1.807, 2.05) is 25.1 Å². The van der Waals surface area contributed by atoms with Crippen LogP contribution in [0.4, 0.5) is 0 Å². The van der Waals surface area contributed by atoms with E-state index in [1.54, 1.807) is 41.2 Å². The Hall–Kier alpha value is -2.01. The predicted molar refractivity (Wildman–Crippen MR) is 86.1 cm³/mol. The number of ether oxygens (including phenoxy) is 1. The molecule has 0 fully saturated rings. The first kappa shape index (κ1) is 16.4. The van der Waals surface area contributed by atoms with Gasteiger partial charge in [-0.3, -0.25) is 9.48 Å². The van der Waals surface area contributed by atoms with Gasteiger partial charge in [0.05, 0.1) is 11.6 Å². The summed E-state index contributed by atoms with van der Waals surface area (Å²) in [6.07, 6.45) is 4.19. The number of hydrogen-bond donors (Lipinski definition) is 0. The molecule has 22 heavy (non-hydrogen) atoms. The average Bonchev–Trinajstić information content (AvgIpc) is 3.05. The molecule has 1 atom stereocenters. The summed E-state index contributed by atoms with van der Waals surface area (Å²) in [6, 6.07) is 8.86. The SMILES string of the molecule is CC(C(=O)N(C)CCCOc1ccccc1Cl)n1cccn1. The van der Waals surface area contributed by atoms with Gasteiger partial charge in [0.2, 0.25) is 5.91 Å². The lowest BCUT2D eigenvalue weighted by atomic mass is 10.3. The van der Waals surface area contributed by atoms with Gasteiger partial charge in [0, 0.05) is 26.0 Å². The van der Waals surface area contributed by atoms with Crippen LogP contribution < -0.4 is 4.74 Å². The molecule has 5 nitrogen and oxygen atoms in total. The summed E-state index contributed by atoms with van der Waals surface area (Å²) in [6.45, 7) is 2.97. The number of halogens is 1. The summed E-state index contributed by atoms with van der Waals surface area (Å²) in [7, 11) is 1.79. The van der Waals surface area contributed by atoms with Gasteiger partial charge in [-0.15, -0.1) is 0 Å². The number of carbonyl (C=O) groups excluding carboxylic acids is 1. The molecule has 1 amide bonds. The Morgan fingerprint density at radius 3 is 2.86 bits per heavy atom. The van der Waals surface area contributed by atoms with Gasteiger partial charge in [-0.05, 0) is 31.5 Å². The number of rotatable bonds is 7. The smallest absolute Gasteiger partial charge is 0.246 e. The standard InChI is InChI=1S/C16H20ClN3O2/c1-13(20-11-5-9-18-20)16(21)19(2)10-6-12-22-15-8-4-3-7-14(15)17/h3-5,7-9,11,13H,6,10,12H2,1-2H3. The molecule has 0 saturated carbocycles. The highest BCUT2D eigenvalue weighted by atomic mass is 35.5. The first-order valence-corrected chi connectivity index (χ1v) is 7.59. The van der Waals surface area contributed by atoms with Crippen LogP contribution in [0.15, 0.2) is 42.7 Å². The van der Waals surface area contributed by atoms with E-state index < -0.39 is 0 Å². The highest BCUT2D eigenvalue weighted by molar-refractivity contribution is 6.32. The number of likely N-dealkylation sites (N-methyl/N-ethyl adjacent to an activating group) is 1. The Morgan fingerprint density at radius 1 is 1.41 bits per heavy atom. The largest absolute Gasteiger partial charge is 0.492 e. The van der Waals surface area contributed by atoms with Crippen LogP contribution in [0, 0.1) is 0 Å². The van der Waals surface area contributed by atoms with Crippen molar-refractivity contribution in [3.05, 3.63) is 47.7 Å². The Balaban J connectivity index is 1.74. The molecule has 0 spiro atoms. The zero-order chi connectivity index (χ0) is 15.9. The monoisotopic (exact) mass is 321 g/mol. The van der Waals surface area contributed by atoms with E-state index in [0.717, 1.165) is 6.42 Å². The maximum Gasteiger partial charge on any atom is 0.246 e. The highest BCUT2D eigenvalue weighted by Crippen LogP contribution is 2.23. The van der Waals surface area contributed by atoms with Crippen molar-refractivity contribution in [2.45, 2.75) is 19.4 Å². The van der Waals surface area contributed by atoms with E-state index >= 15 is 0 Å². The summed E-state index contributed by atoms with van der Waals surface area (Å²) in [5.74, 6) is 0.699. The van der Waals surface area contributed by atoms with Crippen LogP contribution in [0.3, 0.4) is 0 Å². The number of hydrogen-bond acceptors (Lipinski definition) is 3. The molecule has 1 aromatic carbocycles. The first-order chi connectivity index (χ1) is 10.6. The van der Waals surface area contributed by atoms with Gasteiger partial charge in [0.15, 0.2) is 0 Å². The number of para-hydroxylation sites is 1. The topological polar surface area (TPSA) is 47.4 Å². The van der Waals surface area contributed by atoms with E-state index in [-0.39, 0.29) is 11.9 Å². The highest BCUT2D eigenvalue weighted by Gasteiger charge is 2.18. The minimum Gasteiger partial charge on any atom is -0.492 e. The lowest BCUT2D eigenvalue weighted by Crippen LogP contribution is -2.34. The Labute approximate surface area is 135 Å². The third-order valence-electron chi connectivity index (χ3n) is 3.39. The second-order valence-electron chi connectivity index (χ2n) is 5.05. The second kappa shape index (κ2) is 7.84. The summed E-state index contributed by atoms with van der Waals surface area (Å²) < 4.78 is 7.26. The quantitative estimate of drug-likeness (QED) is 0.736. The van der Waals surface area contributed by atoms with Crippen molar-refractivity contribution >= 4 is 17.5 Å². The van der Waals surface area contributed by atoms with Gasteiger partial charge in [-0.1, -0.05) is 23.7 Å². The van der Waals surface area contributed by atoms with Gasteiger partial charge in [-0.25, -0.2) is 0 Å². The van der Waals surface area contributed by atoms with E-state index in [1.165, 1.54) is 0 Å². The molecule has 6 heteroatoms. The van der Waals surface area contributed by atoms with Crippen LogP contribution in [0.5, 0.6) is 5.75 Å². The van der Waals surface area contributed by atoms with Crippen molar-refractivity contribution in [1.82, 2.24) is 14.7 Å². The zero-order valence-corrected chi connectivity index (χ0v) is 13.5. The normalized spacial score (nSPS) is 12.0. The van der Waals surface area contributed by atoms with E-state index in [9.17, 15) is 4.79 Å². The van der Waals surface area contributed by atoms with Crippen molar-refractivity contribution in [1.29, 1.82) is 0 Å². The molecule has 0 bridgehead atoms. The van der Waals surface area contributed by atoms with Crippen LogP contribution in [0.25, 0.3) is 0 Å². The number of aromatic nitrogens is 2. The maximum absolute atomic E-state index is 12.3. The molecule has 0 aliphatic rings. The van der Waals surface area contributed by atoms with Crippen LogP contribution in [-0.4, -0.2) is 40.8 Å². The molecule has 0 aliphatic carbocycles. The fraction of sp³-hybridized carbons (Fsp3) is 0.375. The predicted octanol–water partition coefficient (Wildman–Crippen LogP) is 3.03. The van der Waals surface area contributed by atoms with Crippen molar-refractivity contribution < 1.29 is 9.53 Å². The molecule has 0 N–H and O–H groups in total. The lowest BCUT2D eigenvalue weighted by Gasteiger charge is -2.21. The van der Waals surface area contributed by atoms with E-state index in [0.29, 0.717) is 23.9 Å². The van der Waals surface area contributed by atoms with Crippen LogP contribution in [0.2, 0.25) is 5.02 Å². The Morgan fingerprint density at radius 2 is 2.18 bits per heavy atom. The molecular formula is C16H20ClN3O2. The third-order valence-corrected chi connectivity index (χ3v) is 3.70. The summed E-state index contributed by atoms with van der Waals surface area (Å²) in [5.41, 5.74) is 0. The van der Waals surface area contributed by atoms with Crippen molar-refractivity contribution in [3.63, 3.8) is 0 Å². The zero-order valence-electron chi connectivity index (χ0n) is 12.8. The molecule has 118 valence electrons. The van der Waals surface area contributed by atoms with E-state index in [4.69, 9.17) is 16.3 Å². The molecule has 2 rings (SSSR count). The van der Waals surface area contributed by atoms with E-state index in [2.05, 4.69) is 5.10 Å².